The Hall–Kier alpha value is -0.830. The maximum absolute atomic E-state index is 6.11. The molecule has 1 fully saturated rings. The van der Waals surface area contributed by atoms with Gasteiger partial charge in [0, 0.05) is 18.8 Å². The van der Waals surface area contributed by atoms with Gasteiger partial charge in [-0.2, -0.15) is 0 Å². The van der Waals surface area contributed by atoms with Crippen molar-refractivity contribution < 1.29 is 0 Å². The van der Waals surface area contributed by atoms with Gasteiger partial charge in [0.05, 0.1) is 12.0 Å². The first kappa shape index (κ1) is 12.6. The molecule has 96 valence electrons. The SMILES string of the molecule is CC[C@@H](N)c1cncn1CC1CCCC(C)C1. The van der Waals surface area contributed by atoms with Crippen LogP contribution in [-0.2, 0) is 6.54 Å². The van der Waals surface area contributed by atoms with Crippen LogP contribution in [0.3, 0.4) is 0 Å². The number of nitrogens with two attached hydrogens (primary N) is 1. The lowest BCUT2D eigenvalue weighted by atomic mass is 9.82. The van der Waals surface area contributed by atoms with Gasteiger partial charge in [-0.3, -0.25) is 0 Å². The Morgan fingerprint density at radius 1 is 1.53 bits per heavy atom. The van der Waals surface area contributed by atoms with Crippen LogP contribution in [0.1, 0.15) is 57.7 Å². The molecule has 2 N–H and O–H groups in total. The standard InChI is InChI=1S/C14H25N3/c1-3-13(15)14-8-16-10-17(14)9-12-6-4-5-11(2)7-12/h8,10-13H,3-7,9,15H2,1-2H3/t11?,12?,13-/m1/s1. The van der Waals surface area contributed by atoms with E-state index in [2.05, 4.69) is 23.4 Å². The van der Waals surface area contributed by atoms with Crippen molar-refractivity contribution in [2.24, 2.45) is 17.6 Å². The fraction of sp³-hybridized carbons (Fsp3) is 0.786. The van der Waals surface area contributed by atoms with Gasteiger partial charge in [0.1, 0.15) is 0 Å². The van der Waals surface area contributed by atoms with Crippen molar-refractivity contribution >= 4 is 0 Å². The van der Waals surface area contributed by atoms with Gasteiger partial charge in [-0.25, -0.2) is 4.98 Å². The number of nitrogens with zero attached hydrogens (tertiary/aromatic N) is 2. The first-order valence-corrected chi connectivity index (χ1v) is 6.96. The van der Waals surface area contributed by atoms with Crippen molar-refractivity contribution in [1.29, 1.82) is 0 Å². The molecule has 0 amide bonds. The molecule has 3 heteroatoms. The molecule has 0 bridgehead atoms. The van der Waals surface area contributed by atoms with Gasteiger partial charge in [0.2, 0.25) is 0 Å². The molecule has 0 spiro atoms. The molecule has 0 aromatic carbocycles. The van der Waals surface area contributed by atoms with Gasteiger partial charge < -0.3 is 10.3 Å². The van der Waals surface area contributed by atoms with E-state index in [-0.39, 0.29) is 6.04 Å². The van der Waals surface area contributed by atoms with E-state index in [1.807, 2.05) is 12.5 Å². The molecular formula is C14H25N3. The first-order chi connectivity index (χ1) is 8.20. The zero-order chi connectivity index (χ0) is 12.3. The van der Waals surface area contributed by atoms with Crippen LogP contribution in [0.5, 0.6) is 0 Å². The Morgan fingerprint density at radius 2 is 2.35 bits per heavy atom. The second kappa shape index (κ2) is 5.67. The van der Waals surface area contributed by atoms with E-state index in [0.29, 0.717) is 0 Å². The maximum Gasteiger partial charge on any atom is 0.0948 e. The molecule has 1 heterocycles. The zero-order valence-electron chi connectivity index (χ0n) is 11.1. The van der Waals surface area contributed by atoms with Crippen LogP contribution >= 0.6 is 0 Å². The summed E-state index contributed by atoms with van der Waals surface area (Å²) in [5, 5.41) is 0. The molecule has 0 aliphatic heterocycles. The van der Waals surface area contributed by atoms with E-state index in [1.165, 1.54) is 31.4 Å². The van der Waals surface area contributed by atoms with Gasteiger partial charge in [-0.05, 0) is 31.1 Å². The fourth-order valence-electron chi connectivity index (χ4n) is 3.01. The van der Waals surface area contributed by atoms with Crippen molar-refractivity contribution in [3.63, 3.8) is 0 Å². The minimum absolute atomic E-state index is 0.138. The summed E-state index contributed by atoms with van der Waals surface area (Å²) in [6.07, 6.45) is 10.4. The van der Waals surface area contributed by atoms with Crippen LogP contribution in [-0.4, -0.2) is 9.55 Å². The van der Waals surface area contributed by atoms with Crippen molar-refractivity contribution in [3.05, 3.63) is 18.2 Å². The number of rotatable bonds is 4. The molecule has 3 atom stereocenters. The summed E-state index contributed by atoms with van der Waals surface area (Å²) < 4.78 is 2.27. The van der Waals surface area contributed by atoms with E-state index in [1.54, 1.807) is 0 Å². The molecule has 2 unspecified atom stereocenters. The van der Waals surface area contributed by atoms with Gasteiger partial charge in [-0.15, -0.1) is 0 Å². The molecule has 17 heavy (non-hydrogen) atoms. The predicted octanol–water partition coefficient (Wildman–Crippen LogP) is 3.12. The highest BCUT2D eigenvalue weighted by Crippen LogP contribution is 2.30. The quantitative estimate of drug-likeness (QED) is 0.871. The third-order valence-corrected chi connectivity index (χ3v) is 4.06. The second-order valence-electron chi connectivity index (χ2n) is 5.62. The number of hydrogen-bond acceptors (Lipinski definition) is 2. The van der Waals surface area contributed by atoms with Crippen LogP contribution in [0.4, 0.5) is 0 Å². The molecule has 0 radical (unpaired) electrons. The van der Waals surface area contributed by atoms with Crippen LogP contribution in [0, 0.1) is 11.8 Å². The summed E-state index contributed by atoms with van der Waals surface area (Å²) in [5.41, 5.74) is 7.31. The van der Waals surface area contributed by atoms with Gasteiger partial charge >= 0.3 is 0 Å². The Morgan fingerprint density at radius 3 is 3.06 bits per heavy atom. The molecule has 0 saturated heterocycles. The average Bonchev–Trinajstić information content (AvgIpc) is 2.76. The summed E-state index contributed by atoms with van der Waals surface area (Å²) in [5.74, 6) is 1.70. The smallest absolute Gasteiger partial charge is 0.0948 e. The van der Waals surface area contributed by atoms with E-state index >= 15 is 0 Å². The molecule has 3 nitrogen and oxygen atoms in total. The van der Waals surface area contributed by atoms with E-state index < -0.39 is 0 Å². The minimum Gasteiger partial charge on any atom is -0.333 e. The molecule has 1 aromatic heterocycles. The highest BCUT2D eigenvalue weighted by molar-refractivity contribution is 5.04. The average molecular weight is 235 g/mol. The lowest BCUT2D eigenvalue weighted by Gasteiger charge is -2.27. The highest BCUT2D eigenvalue weighted by atomic mass is 15.1. The summed E-state index contributed by atoms with van der Waals surface area (Å²) in [4.78, 5) is 4.26. The highest BCUT2D eigenvalue weighted by Gasteiger charge is 2.20. The molecule has 1 aliphatic rings. The van der Waals surface area contributed by atoms with E-state index in [9.17, 15) is 0 Å². The Kier molecular flexibility index (Phi) is 4.21. The van der Waals surface area contributed by atoms with Crippen LogP contribution in [0.25, 0.3) is 0 Å². The van der Waals surface area contributed by atoms with Gasteiger partial charge in [0.25, 0.3) is 0 Å². The van der Waals surface area contributed by atoms with Crippen LogP contribution < -0.4 is 5.73 Å². The summed E-state index contributed by atoms with van der Waals surface area (Å²) in [6.45, 7) is 5.61. The van der Waals surface area contributed by atoms with Gasteiger partial charge in [-0.1, -0.05) is 26.7 Å². The fourth-order valence-corrected chi connectivity index (χ4v) is 3.01. The summed E-state index contributed by atoms with van der Waals surface area (Å²) >= 11 is 0. The minimum atomic E-state index is 0.138. The monoisotopic (exact) mass is 235 g/mol. The second-order valence-corrected chi connectivity index (χ2v) is 5.62. The summed E-state index contributed by atoms with van der Waals surface area (Å²) in [6, 6.07) is 0.138. The van der Waals surface area contributed by atoms with Crippen molar-refractivity contribution in [3.8, 4) is 0 Å². The molecule has 1 aliphatic carbocycles. The predicted molar refractivity (Wildman–Crippen MR) is 70.6 cm³/mol. The largest absolute Gasteiger partial charge is 0.333 e. The van der Waals surface area contributed by atoms with Gasteiger partial charge in [0.15, 0.2) is 0 Å². The Bertz CT molecular complexity index is 345. The van der Waals surface area contributed by atoms with E-state index in [0.717, 1.165) is 24.8 Å². The Labute approximate surface area is 104 Å². The number of imidazole rings is 1. The van der Waals surface area contributed by atoms with Crippen molar-refractivity contribution in [2.75, 3.05) is 0 Å². The lowest BCUT2D eigenvalue weighted by molar-refractivity contribution is 0.254. The lowest BCUT2D eigenvalue weighted by Crippen LogP contribution is -2.21. The zero-order valence-corrected chi connectivity index (χ0v) is 11.1. The maximum atomic E-state index is 6.11. The van der Waals surface area contributed by atoms with Crippen LogP contribution in [0.15, 0.2) is 12.5 Å². The third kappa shape index (κ3) is 3.09. The summed E-state index contributed by atoms with van der Waals surface area (Å²) in [7, 11) is 0. The number of aromatic nitrogens is 2. The topological polar surface area (TPSA) is 43.8 Å². The Balaban J connectivity index is 2.00. The molecular weight excluding hydrogens is 210 g/mol. The number of hydrogen-bond donors (Lipinski definition) is 1. The van der Waals surface area contributed by atoms with Crippen molar-refractivity contribution in [1.82, 2.24) is 9.55 Å². The molecule has 1 saturated carbocycles. The van der Waals surface area contributed by atoms with Crippen molar-refractivity contribution in [2.45, 2.75) is 58.5 Å². The van der Waals surface area contributed by atoms with E-state index in [4.69, 9.17) is 5.73 Å². The normalized spacial score (nSPS) is 27.0. The molecule has 2 rings (SSSR count). The molecule has 1 aromatic rings. The third-order valence-electron chi connectivity index (χ3n) is 4.06. The first-order valence-electron chi connectivity index (χ1n) is 6.96. The van der Waals surface area contributed by atoms with Crippen LogP contribution in [0.2, 0.25) is 0 Å².